The Kier molecular flexibility index (Phi) is 33.6. The van der Waals surface area contributed by atoms with Gasteiger partial charge in [-0.25, -0.2) is 0 Å². The van der Waals surface area contributed by atoms with Gasteiger partial charge in [0.25, 0.3) is 0 Å². The Hall–Kier alpha value is 0.848. The summed E-state index contributed by atoms with van der Waals surface area (Å²) in [5, 5.41) is 14.8. The molecule has 0 atom stereocenters. The smallest absolute Gasteiger partial charge is 0.187 e. The van der Waals surface area contributed by atoms with E-state index in [2.05, 4.69) is 4.74 Å². The number of hydrogen-bond acceptors (Lipinski definition) is 4. The first-order valence-electron chi connectivity index (χ1n) is 3.24. The van der Waals surface area contributed by atoms with Gasteiger partial charge in [0.2, 0.25) is 0 Å². The summed E-state index contributed by atoms with van der Waals surface area (Å²) in [6.45, 7) is 3.97. The van der Waals surface area contributed by atoms with Crippen molar-refractivity contribution in [3.8, 4) is 0 Å². The van der Waals surface area contributed by atoms with Crippen LogP contribution < -0.4 is 0 Å². The number of esters is 1. The Labute approximate surface area is 134 Å². The Morgan fingerprint density at radius 2 is 1.71 bits per heavy atom. The molecule has 5 nitrogen and oxygen atoms in total. The van der Waals surface area contributed by atoms with Gasteiger partial charge in [-0.1, -0.05) is 0 Å². The summed E-state index contributed by atoms with van der Waals surface area (Å²) < 4.78 is 4.50. The molecular weight excluding hydrogens is 342 g/mol. The standard InChI is InChI=1S/C5H9O2.C2H3O3.2Y/c1-3-5(6)7-4-2;3-1-2(4)5;;/h3H,4H2,1-2H3;1,3H,(H,4,5);;/q2*-1;;. The minimum atomic E-state index is -1.31. The van der Waals surface area contributed by atoms with Crippen molar-refractivity contribution in [2.75, 3.05) is 6.61 Å². The van der Waals surface area contributed by atoms with Crippen LogP contribution in [0.4, 0.5) is 0 Å². The molecule has 7 heteroatoms. The molecule has 0 aromatic rings. The third kappa shape index (κ3) is 29.3. The number of aliphatic hydroxyl groups excluding tert-OH is 1. The van der Waals surface area contributed by atoms with E-state index >= 15 is 0 Å². The van der Waals surface area contributed by atoms with E-state index in [0.29, 0.717) is 6.61 Å². The molecule has 0 saturated carbocycles. The summed E-state index contributed by atoms with van der Waals surface area (Å²) in [6.07, 6.45) is 1.39. The van der Waals surface area contributed by atoms with Gasteiger partial charge < -0.3 is 14.9 Å². The van der Waals surface area contributed by atoms with E-state index in [9.17, 15) is 4.79 Å². The maximum absolute atomic E-state index is 10.1. The van der Waals surface area contributed by atoms with Crippen molar-refractivity contribution in [2.24, 2.45) is 0 Å². The number of hydrogen-bond donors (Lipinski definition) is 2. The van der Waals surface area contributed by atoms with Crippen molar-refractivity contribution in [3.05, 3.63) is 13.0 Å². The van der Waals surface area contributed by atoms with Crippen molar-refractivity contribution < 1.29 is 90.0 Å². The maximum Gasteiger partial charge on any atom is 0.187 e. The number of carboxylic acid groups (broad SMARTS) is 1. The minimum absolute atomic E-state index is 0. The fraction of sp³-hybridized carbons (Fsp3) is 0.429. The normalized spacial score (nSPS) is 6.21. The first kappa shape index (κ1) is 24.2. The predicted octanol–water partition coefficient (Wildman–Crippen LogP) is 0.374. The number of carbonyl (C=O) groups is 2. The van der Waals surface area contributed by atoms with Gasteiger partial charge in [-0.3, -0.25) is 16.0 Å². The van der Waals surface area contributed by atoms with Crippen LogP contribution in [0, 0.1) is 13.0 Å². The van der Waals surface area contributed by atoms with Crippen molar-refractivity contribution >= 4 is 11.9 Å². The zero-order chi connectivity index (χ0) is 9.98. The fourth-order valence-corrected chi connectivity index (χ4v) is 0.226. The number of rotatable bonds is 3. The fourth-order valence-electron chi connectivity index (χ4n) is 0.226. The molecule has 0 heterocycles. The van der Waals surface area contributed by atoms with Crippen LogP contribution in [-0.4, -0.2) is 28.8 Å². The van der Waals surface area contributed by atoms with E-state index in [1.54, 1.807) is 13.8 Å². The van der Waals surface area contributed by atoms with E-state index in [4.69, 9.17) is 15.0 Å². The molecule has 0 spiro atoms. The van der Waals surface area contributed by atoms with Gasteiger partial charge in [0.15, 0.2) is 11.9 Å². The third-order valence-corrected chi connectivity index (χ3v) is 0.633. The van der Waals surface area contributed by atoms with Gasteiger partial charge in [0, 0.05) is 65.4 Å². The van der Waals surface area contributed by atoms with Gasteiger partial charge >= 0.3 is 0 Å². The minimum Gasteiger partial charge on any atom is -0.537 e. The molecule has 78 valence electrons. The van der Waals surface area contributed by atoms with E-state index in [1.807, 2.05) is 0 Å². The number of aliphatic hydroxyl groups is 1. The monoisotopic (exact) mass is 354 g/mol. The first-order valence-corrected chi connectivity index (χ1v) is 3.24. The second-order valence-electron chi connectivity index (χ2n) is 1.51. The summed E-state index contributed by atoms with van der Waals surface area (Å²) in [7, 11) is 0. The molecule has 14 heavy (non-hydrogen) atoms. The zero-order valence-electron chi connectivity index (χ0n) is 8.14. The van der Waals surface area contributed by atoms with E-state index in [0.717, 1.165) is 0 Å². The average Bonchev–Trinajstić information content (AvgIpc) is 2.06. The molecule has 0 fully saturated rings. The Morgan fingerprint density at radius 3 is 1.79 bits per heavy atom. The van der Waals surface area contributed by atoms with E-state index in [-0.39, 0.29) is 78.0 Å². The Bertz CT molecular complexity index is 140. The Morgan fingerprint density at radius 1 is 1.36 bits per heavy atom. The van der Waals surface area contributed by atoms with Crippen LogP contribution in [0.5, 0.6) is 0 Å². The van der Waals surface area contributed by atoms with Crippen LogP contribution in [-0.2, 0) is 79.7 Å². The number of carbonyl (C=O) groups excluding carboxylic acids is 1. The van der Waals surface area contributed by atoms with Crippen LogP contribution >= 0.6 is 0 Å². The number of aliphatic carboxylic acids is 1. The SMILES string of the molecule is C[CH-]C(=O)OCC.O=C(O)[CH-]O.[Y].[Y]. The zero-order valence-corrected chi connectivity index (χ0v) is 13.8. The molecule has 2 N–H and O–H groups in total. The maximum atomic E-state index is 10.1. The molecule has 0 saturated heterocycles. The van der Waals surface area contributed by atoms with Gasteiger partial charge in [-0.05, 0) is 6.92 Å². The molecule has 0 aromatic carbocycles. The molecular formula is C7H12O5Y2-2. The number of carboxylic acids is 1. The third-order valence-electron chi connectivity index (χ3n) is 0.633. The van der Waals surface area contributed by atoms with Gasteiger partial charge in [0.05, 0.1) is 6.61 Å². The predicted molar refractivity (Wildman–Crippen MR) is 40.5 cm³/mol. The molecule has 0 aliphatic heterocycles. The van der Waals surface area contributed by atoms with Crippen LogP contribution in [0.2, 0.25) is 0 Å². The van der Waals surface area contributed by atoms with Gasteiger partial charge in [0.1, 0.15) is 0 Å². The second-order valence-corrected chi connectivity index (χ2v) is 1.51. The molecule has 0 aliphatic rings. The molecule has 0 amide bonds. The molecule has 2 radical (unpaired) electrons. The van der Waals surface area contributed by atoms with Crippen molar-refractivity contribution in [3.63, 3.8) is 0 Å². The van der Waals surface area contributed by atoms with Gasteiger partial charge in [-0.2, -0.15) is 13.5 Å². The molecule has 0 aliphatic carbocycles. The van der Waals surface area contributed by atoms with Crippen LogP contribution in [0.15, 0.2) is 0 Å². The average molecular weight is 354 g/mol. The molecule has 0 unspecified atom stereocenters. The van der Waals surface area contributed by atoms with Crippen molar-refractivity contribution in [1.29, 1.82) is 0 Å². The Balaban J connectivity index is -0.0000000651. The van der Waals surface area contributed by atoms with E-state index in [1.165, 1.54) is 6.42 Å². The first-order chi connectivity index (χ1) is 5.58. The molecule has 0 rings (SSSR count). The summed E-state index contributed by atoms with van der Waals surface area (Å²) in [5.74, 6) is -1.56. The van der Waals surface area contributed by atoms with Crippen molar-refractivity contribution in [1.82, 2.24) is 0 Å². The van der Waals surface area contributed by atoms with Crippen LogP contribution in [0.3, 0.4) is 0 Å². The van der Waals surface area contributed by atoms with Crippen LogP contribution in [0.1, 0.15) is 13.8 Å². The summed E-state index contributed by atoms with van der Waals surface area (Å²) in [5.41, 5.74) is 0. The molecule has 0 bridgehead atoms. The topological polar surface area (TPSA) is 83.8 Å². The largest absolute Gasteiger partial charge is 0.537 e. The summed E-state index contributed by atoms with van der Waals surface area (Å²) >= 11 is 0. The van der Waals surface area contributed by atoms with Crippen molar-refractivity contribution in [2.45, 2.75) is 13.8 Å². The van der Waals surface area contributed by atoms with E-state index < -0.39 is 5.97 Å². The quantitative estimate of drug-likeness (QED) is 0.566. The second kappa shape index (κ2) is 19.4. The number of ether oxygens (including phenoxy) is 1. The van der Waals surface area contributed by atoms with Gasteiger partial charge in [-0.15, -0.1) is 0 Å². The molecule has 0 aromatic heterocycles. The summed E-state index contributed by atoms with van der Waals surface area (Å²) in [6, 6.07) is 0. The summed E-state index contributed by atoms with van der Waals surface area (Å²) in [4.78, 5) is 19.2. The van der Waals surface area contributed by atoms with Crippen LogP contribution in [0.25, 0.3) is 0 Å².